The summed E-state index contributed by atoms with van der Waals surface area (Å²) in [5, 5.41) is 7.78. The Bertz CT molecular complexity index is 812. The van der Waals surface area contributed by atoms with Crippen LogP contribution in [0, 0.1) is 20.8 Å². The molecular formula is C18H23N5. The third-order valence-electron chi connectivity index (χ3n) is 4.10. The van der Waals surface area contributed by atoms with Gasteiger partial charge in [-0.2, -0.15) is 14.6 Å². The molecule has 0 saturated heterocycles. The molecule has 0 aliphatic heterocycles. The summed E-state index contributed by atoms with van der Waals surface area (Å²) in [6.07, 6.45) is 3.55. The van der Waals surface area contributed by atoms with Crippen LogP contribution in [0.1, 0.15) is 41.3 Å². The van der Waals surface area contributed by atoms with Gasteiger partial charge in [-0.15, -0.1) is 0 Å². The molecule has 0 bridgehead atoms. The number of nitrogens with zero attached hydrogens (tertiary/aromatic N) is 4. The number of nitrogens with one attached hydrogen (secondary N) is 1. The van der Waals surface area contributed by atoms with E-state index >= 15 is 0 Å². The number of benzene rings is 1. The first-order valence-electron chi connectivity index (χ1n) is 8.08. The Kier molecular flexibility index (Phi) is 4.28. The quantitative estimate of drug-likeness (QED) is 0.782. The van der Waals surface area contributed by atoms with Crippen molar-refractivity contribution < 1.29 is 0 Å². The Morgan fingerprint density at radius 3 is 2.52 bits per heavy atom. The van der Waals surface area contributed by atoms with Crippen LogP contribution in [0.15, 0.2) is 24.5 Å². The van der Waals surface area contributed by atoms with E-state index in [1.807, 2.05) is 0 Å². The van der Waals surface area contributed by atoms with Crippen molar-refractivity contribution in [3.8, 4) is 0 Å². The number of hydrogen-bond acceptors (Lipinski definition) is 4. The second-order valence-corrected chi connectivity index (χ2v) is 6.09. The highest BCUT2D eigenvalue weighted by molar-refractivity contribution is 5.47. The normalized spacial score (nSPS) is 11.1. The lowest BCUT2D eigenvalue weighted by molar-refractivity contribution is 0.853. The molecular weight excluding hydrogens is 286 g/mol. The van der Waals surface area contributed by atoms with Gasteiger partial charge in [0.05, 0.1) is 0 Å². The van der Waals surface area contributed by atoms with Gasteiger partial charge in [0.1, 0.15) is 12.1 Å². The number of aromatic nitrogens is 4. The van der Waals surface area contributed by atoms with Crippen molar-refractivity contribution >= 4 is 11.6 Å². The molecule has 5 heteroatoms. The monoisotopic (exact) mass is 309 g/mol. The zero-order valence-corrected chi connectivity index (χ0v) is 14.2. The van der Waals surface area contributed by atoms with E-state index in [0.29, 0.717) is 5.78 Å². The average molecular weight is 309 g/mol. The molecule has 0 aliphatic rings. The Morgan fingerprint density at radius 1 is 1.09 bits per heavy atom. The summed E-state index contributed by atoms with van der Waals surface area (Å²) in [6.45, 7) is 9.38. The van der Waals surface area contributed by atoms with Crippen molar-refractivity contribution in [2.75, 3.05) is 5.32 Å². The van der Waals surface area contributed by atoms with Gasteiger partial charge >= 0.3 is 0 Å². The van der Waals surface area contributed by atoms with Crippen LogP contribution in [0.2, 0.25) is 0 Å². The molecule has 0 unspecified atom stereocenters. The van der Waals surface area contributed by atoms with E-state index in [1.165, 1.54) is 22.3 Å². The molecule has 1 N–H and O–H groups in total. The SMILES string of the molecule is CCCc1cc(NCc2c(C)cc(C)cc2C)n2ncnc2n1. The van der Waals surface area contributed by atoms with E-state index in [4.69, 9.17) is 0 Å². The van der Waals surface area contributed by atoms with Crippen LogP contribution < -0.4 is 5.32 Å². The lowest BCUT2D eigenvalue weighted by atomic mass is 10.00. The molecule has 3 rings (SSSR count). The van der Waals surface area contributed by atoms with Gasteiger partial charge in [-0.05, 0) is 43.9 Å². The fourth-order valence-corrected chi connectivity index (χ4v) is 3.04. The molecule has 1 aromatic carbocycles. The third kappa shape index (κ3) is 3.18. The van der Waals surface area contributed by atoms with Gasteiger partial charge in [0.2, 0.25) is 0 Å². The summed E-state index contributed by atoms with van der Waals surface area (Å²) < 4.78 is 1.76. The minimum Gasteiger partial charge on any atom is -0.366 e. The molecule has 120 valence electrons. The van der Waals surface area contributed by atoms with Crippen LogP contribution in [0.4, 0.5) is 5.82 Å². The highest BCUT2D eigenvalue weighted by atomic mass is 15.3. The van der Waals surface area contributed by atoms with E-state index in [9.17, 15) is 0 Å². The van der Waals surface area contributed by atoms with Gasteiger partial charge in [0.15, 0.2) is 0 Å². The number of fused-ring (bicyclic) bond motifs is 1. The second kappa shape index (κ2) is 6.36. The maximum atomic E-state index is 4.54. The minimum atomic E-state index is 0.649. The predicted octanol–water partition coefficient (Wildman–Crippen LogP) is 3.61. The van der Waals surface area contributed by atoms with Gasteiger partial charge in [-0.3, -0.25) is 0 Å². The standard InChI is InChI=1S/C18H23N5/c1-5-6-15-9-17(23-18(22-15)20-11-21-23)19-10-16-13(3)7-12(2)8-14(16)4/h7-9,11,19H,5-6,10H2,1-4H3. The van der Waals surface area contributed by atoms with Gasteiger partial charge in [-0.1, -0.05) is 31.0 Å². The van der Waals surface area contributed by atoms with Crippen LogP contribution in [0.5, 0.6) is 0 Å². The van der Waals surface area contributed by atoms with Crippen molar-refractivity contribution in [1.29, 1.82) is 0 Å². The van der Waals surface area contributed by atoms with Gasteiger partial charge in [0, 0.05) is 18.3 Å². The first-order chi connectivity index (χ1) is 11.1. The molecule has 5 nitrogen and oxygen atoms in total. The highest BCUT2D eigenvalue weighted by Gasteiger charge is 2.09. The maximum absolute atomic E-state index is 4.54. The Labute approximate surface area is 136 Å². The summed E-state index contributed by atoms with van der Waals surface area (Å²) in [5.74, 6) is 1.59. The molecule has 0 aliphatic carbocycles. The van der Waals surface area contributed by atoms with Gasteiger partial charge < -0.3 is 5.32 Å². The summed E-state index contributed by atoms with van der Waals surface area (Å²) in [5.41, 5.74) is 6.31. The van der Waals surface area contributed by atoms with E-state index in [1.54, 1.807) is 10.8 Å². The first-order valence-corrected chi connectivity index (χ1v) is 8.08. The molecule has 0 atom stereocenters. The zero-order chi connectivity index (χ0) is 16.4. The fraction of sp³-hybridized carbons (Fsp3) is 0.389. The minimum absolute atomic E-state index is 0.649. The van der Waals surface area contributed by atoms with Crippen molar-refractivity contribution in [3.05, 3.63) is 52.5 Å². The van der Waals surface area contributed by atoms with Crippen molar-refractivity contribution in [2.24, 2.45) is 0 Å². The van der Waals surface area contributed by atoms with Crippen molar-refractivity contribution in [2.45, 2.75) is 47.1 Å². The molecule has 2 heterocycles. The number of aryl methyl sites for hydroxylation is 4. The summed E-state index contributed by atoms with van der Waals surface area (Å²) in [6, 6.07) is 6.53. The summed E-state index contributed by atoms with van der Waals surface area (Å²) >= 11 is 0. The van der Waals surface area contributed by atoms with E-state index < -0.39 is 0 Å². The molecule has 0 spiro atoms. The molecule has 0 amide bonds. The average Bonchev–Trinajstić information content (AvgIpc) is 2.94. The molecule has 2 aromatic heterocycles. The highest BCUT2D eigenvalue weighted by Crippen LogP contribution is 2.19. The van der Waals surface area contributed by atoms with Gasteiger partial charge in [-0.25, -0.2) is 4.98 Å². The molecule has 0 fully saturated rings. The van der Waals surface area contributed by atoms with E-state index in [0.717, 1.165) is 30.9 Å². The Morgan fingerprint density at radius 2 is 1.83 bits per heavy atom. The fourth-order valence-electron chi connectivity index (χ4n) is 3.04. The molecule has 23 heavy (non-hydrogen) atoms. The van der Waals surface area contributed by atoms with Crippen molar-refractivity contribution in [3.63, 3.8) is 0 Å². The largest absolute Gasteiger partial charge is 0.366 e. The number of hydrogen-bond donors (Lipinski definition) is 1. The molecule has 3 aromatic rings. The Hall–Kier alpha value is -2.43. The lowest BCUT2D eigenvalue weighted by Gasteiger charge is -2.14. The summed E-state index contributed by atoms with van der Waals surface area (Å²) in [7, 11) is 0. The predicted molar refractivity (Wildman–Crippen MR) is 92.8 cm³/mol. The van der Waals surface area contributed by atoms with E-state index in [2.05, 4.69) is 66.3 Å². The van der Waals surface area contributed by atoms with Crippen LogP contribution in [-0.4, -0.2) is 19.6 Å². The first kappa shape index (κ1) is 15.5. The molecule has 0 saturated carbocycles. The maximum Gasteiger partial charge on any atom is 0.254 e. The van der Waals surface area contributed by atoms with Crippen molar-refractivity contribution in [1.82, 2.24) is 19.6 Å². The summed E-state index contributed by atoms with van der Waals surface area (Å²) in [4.78, 5) is 8.76. The number of rotatable bonds is 5. The lowest BCUT2D eigenvalue weighted by Crippen LogP contribution is -2.09. The second-order valence-electron chi connectivity index (χ2n) is 6.09. The Balaban J connectivity index is 1.91. The number of anilines is 1. The van der Waals surface area contributed by atoms with Crippen LogP contribution in [0.25, 0.3) is 5.78 Å². The topological polar surface area (TPSA) is 55.1 Å². The van der Waals surface area contributed by atoms with E-state index in [-0.39, 0.29) is 0 Å². The molecule has 0 radical (unpaired) electrons. The zero-order valence-electron chi connectivity index (χ0n) is 14.2. The van der Waals surface area contributed by atoms with Crippen LogP contribution >= 0.6 is 0 Å². The van der Waals surface area contributed by atoms with Crippen LogP contribution in [0.3, 0.4) is 0 Å². The van der Waals surface area contributed by atoms with Gasteiger partial charge in [0.25, 0.3) is 5.78 Å². The van der Waals surface area contributed by atoms with Crippen LogP contribution in [-0.2, 0) is 13.0 Å². The third-order valence-corrected chi connectivity index (χ3v) is 4.10. The smallest absolute Gasteiger partial charge is 0.254 e.